The molecule has 3 aromatic rings. The standard InChI is InChI=1S/C23H27N3O2S2/c1-18(11-15-29-16-12-23(27)28)10-13-26-17-21(24-25-26)9-6-19-4-7-20(8-5-19)22-3-2-14-30-22/h2-5,7-8,11,14,17H,6,9-10,12-13,15-16H2,1H3,(H,27,28)/b18-11+. The van der Waals surface area contributed by atoms with Crippen LogP contribution in [0.15, 0.2) is 59.6 Å². The number of aliphatic carboxylic acids is 1. The maximum atomic E-state index is 10.5. The van der Waals surface area contributed by atoms with Crippen molar-refractivity contribution in [2.24, 2.45) is 0 Å². The van der Waals surface area contributed by atoms with Crippen LogP contribution in [0.25, 0.3) is 10.4 Å². The number of carbonyl (C=O) groups is 1. The SMILES string of the molecule is C/C(=C\CSCCC(=O)O)CCn1cc(CCc2ccc(-c3cccs3)cc2)nn1. The quantitative estimate of drug-likeness (QED) is 0.304. The van der Waals surface area contributed by atoms with E-state index < -0.39 is 5.97 Å². The van der Waals surface area contributed by atoms with Gasteiger partial charge in [0.15, 0.2) is 0 Å². The maximum Gasteiger partial charge on any atom is 0.304 e. The maximum absolute atomic E-state index is 10.5. The van der Waals surface area contributed by atoms with Gasteiger partial charge in [0.1, 0.15) is 0 Å². The van der Waals surface area contributed by atoms with E-state index in [1.807, 2.05) is 10.9 Å². The number of rotatable bonds is 12. The molecule has 1 N–H and O–H groups in total. The normalized spacial score (nSPS) is 11.7. The average molecular weight is 442 g/mol. The Morgan fingerprint density at radius 3 is 2.77 bits per heavy atom. The Labute approximate surface area is 185 Å². The van der Waals surface area contributed by atoms with Crippen molar-refractivity contribution < 1.29 is 9.90 Å². The second kappa shape index (κ2) is 11.7. The second-order valence-corrected chi connectivity index (χ2v) is 9.26. The van der Waals surface area contributed by atoms with E-state index in [0.29, 0.717) is 5.75 Å². The number of hydrogen-bond acceptors (Lipinski definition) is 5. The van der Waals surface area contributed by atoms with E-state index >= 15 is 0 Å². The molecule has 0 aliphatic carbocycles. The number of hydrogen-bond donors (Lipinski definition) is 1. The molecule has 0 aliphatic heterocycles. The predicted octanol–water partition coefficient (Wildman–Crippen LogP) is 5.34. The molecule has 0 amide bonds. The molecule has 0 saturated carbocycles. The molecular weight excluding hydrogens is 414 g/mol. The van der Waals surface area contributed by atoms with Gasteiger partial charge in [0.2, 0.25) is 0 Å². The lowest BCUT2D eigenvalue weighted by Crippen LogP contribution is -1.99. The molecule has 3 rings (SSSR count). The Bertz CT molecular complexity index is 947. The highest BCUT2D eigenvalue weighted by molar-refractivity contribution is 7.99. The van der Waals surface area contributed by atoms with Crippen LogP contribution in [0.3, 0.4) is 0 Å². The number of carboxylic acids is 1. The number of carboxylic acid groups (broad SMARTS) is 1. The van der Waals surface area contributed by atoms with Crippen LogP contribution in [0.5, 0.6) is 0 Å². The third-order valence-electron chi connectivity index (χ3n) is 4.76. The lowest BCUT2D eigenvalue weighted by atomic mass is 10.1. The summed E-state index contributed by atoms with van der Waals surface area (Å²) in [5.41, 5.74) is 4.89. The smallest absolute Gasteiger partial charge is 0.304 e. The first-order valence-corrected chi connectivity index (χ1v) is 12.1. The van der Waals surface area contributed by atoms with E-state index in [0.717, 1.165) is 37.3 Å². The number of benzene rings is 1. The van der Waals surface area contributed by atoms with Crippen LogP contribution in [0.1, 0.15) is 31.0 Å². The van der Waals surface area contributed by atoms with Crippen LogP contribution in [0, 0.1) is 0 Å². The van der Waals surface area contributed by atoms with E-state index in [2.05, 4.69) is 65.1 Å². The fourth-order valence-corrected chi connectivity index (χ4v) is 4.57. The fraction of sp³-hybridized carbons (Fsp3) is 0.348. The Kier molecular flexibility index (Phi) is 8.71. The lowest BCUT2D eigenvalue weighted by molar-refractivity contribution is -0.136. The largest absolute Gasteiger partial charge is 0.481 e. The van der Waals surface area contributed by atoms with Crippen molar-refractivity contribution in [3.8, 4) is 10.4 Å². The Hall–Kier alpha value is -2.38. The first-order valence-electron chi connectivity index (χ1n) is 10.1. The van der Waals surface area contributed by atoms with Gasteiger partial charge in [-0.1, -0.05) is 47.2 Å². The Balaban J connectivity index is 1.39. The number of thioether (sulfide) groups is 1. The monoisotopic (exact) mass is 441 g/mol. The highest BCUT2D eigenvalue weighted by Gasteiger charge is 2.04. The zero-order valence-electron chi connectivity index (χ0n) is 17.2. The van der Waals surface area contributed by atoms with Crippen LogP contribution in [-0.2, 0) is 24.2 Å². The van der Waals surface area contributed by atoms with Gasteiger partial charge in [-0.25, -0.2) is 0 Å². The van der Waals surface area contributed by atoms with Crippen molar-refractivity contribution in [1.29, 1.82) is 0 Å². The Morgan fingerprint density at radius 1 is 1.20 bits per heavy atom. The topological polar surface area (TPSA) is 68.0 Å². The van der Waals surface area contributed by atoms with Gasteiger partial charge in [0, 0.05) is 29.1 Å². The average Bonchev–Trinajstić information content (AvgIpc) is 3.43. The van der Waals surface area contributed by atoms with Gasteiger partial charge < -0.3 is 5.11 Å². The molecule has 0 saturated heterocycles. The molecule has 158 valence electrons. The van der Waals surface area contributed by atoms with Crippen LogP contribution in [0.2, 0.25) is 0 Å². The third-order valence-corrected chi connectivity index (χ3v) is 6.57. The van der Waals surface area contributed by atoms with Crippen molar-refractivity contribution in [2.45, 2.75) is 39.2 Å². The summed E-state index contributed by atoms with van der Waals surface area (Å²) in [4.78, 5) is 11.8. The van der Waals surface area contributed by atoms with Gasteiger partial charge in [-0.3, -0.25) is 9.48 Å². The van der Waals surface area contributed by atoms with E-state index in [4.69, 9.17) is 5.11 Å². The van der Waals surface area contributed by atoms with Crippen LogP contribution < -0.4 is 0 Å². The van der Waals surface area contributed by atoms with Crippen molar-refractivity contribution in [2.75, 3.05) is 11.5 Å². The summed E-state index contributed by atoms with van der Waals surface area (Å²) in [7, 11) is 0. The van der Waals surface area contributed by atoms with Gasteiger partial charge in [-0.2, -0.15) is 11.8 Å². The summed E-state index contributed by atoms with van der Waals surface area (Å²) in [5, 5.41) is 19.3. The minimum atomic E-state index is -0.736. The molecule has 0 bridgehead atoms. The van der Waals surface area contributed by atoms with Gasteiger partial charge >= 0.3 is 5.97 Å². The first-order chi connectivity index (χ1) is 14.6. The van der Waals surface area contributed by atoms with E-state index in [9.17, 15) is 4.79 Å². The van der Waals surface area contributed by atoms with Crippen molar-refractivity contribution in [1.82, 2.24) is 15.0 Å². The first kappa shape index (κ1) is 22.3. The molecule has 0 unspecified atom stereocenters. The minimum Gasteiger partial charge on any atom is -0.481 e. The van der Waals surface area contributed by atoms with Gasteiger partial charge in [0.05, 0.1) is 12.1 Å². The lowest BCUT2D eigenvalue weighted by Gasteiger charge is -2.02. The highest BCUT2D eigenvalue weighted by atomic mass is 32.2. The summed E-state index contributed by atoms with van der Waals surface area (Å²) in [6.07, 6.45) is 7.19. The molecule has 2 aromatic heterocycles. The number of thiophene rings is 1. The van der Waals surface area contributed by atoms with Crippen molar-refractivity contribution in [3.63, 3.8) is 0 Å². The molecular formula is C23H27N3O2S2. The zero-order valence-corrected chi connectivity index (χ0v) is 18.8. The second-order valence-electron chi connectivity index (χ2n) is 7.17. The van der Waals surface area contributed by atoms with Crippen molar-refractivity contribution in [3.05, 3.63) is 70.9 Å². The van der Waals surface area contributed by atoms with E-state index in [1.54, 1.807) is 23.1 Å². The Morgan fingerprint density at radius 2 is 2.03 bits per heavy atom. The number of nitrogens with zero attached hydrogens (tertiary/aromatic N) is 3. The fourth-order valence-electron chi connectivity index (χ4n) is 2.95. The molecule has 0 radical (unpaired) electrons. The molecule has 0 aliphatic rings. The zero-order chi connectivity index (χ0) is 21.2. The number of aromatic nitrogens is 3. The minimum absolute atomic E-state index is 0.220. The molecule has 0 fully saturated rings. The summed E-state index contributed by atoms with van der Waals surface area (Å²) < 4.78 is 1.91. The summed E-state index contributed by atoms with van der Waals surface area (Å²) >= 11 is 3.41. The van der Waals surface area contributed by atoms with Crippen molar-refractivity contribution >= 4 is 29.1 Å². The molecule has 1 aromatic carbocycles. The molecule has 2 heterocycles. The molecule has 7 heteroatoms. The molecule has 0 spiro atoms. The summed E-state index contributed by atoms with van der Waals surface area (Å²) in [6, 6.07) is 13.0. The van der Waals surface area contributed by atoms with Gasteiger partial charge in [-0.05, 0) is 48.8 Å². The summed E-state index contributed by atoms with van der Waals surface area (Å²) in [5.74, 6) is 0.774. The molecule has 5 nitrogen and oxygen atoms in total. The van der Waals surface area contributed by atoms with Gasteiger partial charge in [-0.15, -0.1) is 16.4 Å². The van der Waals surface area contributed by atoms with Crippen LogP contribution in [0.4, 0.5) is 0 Å². The predicted molar refractivity (Wildman–Crippen MR) is 125 cm³/mol. The molecule has 30 heavy (non-hydrogen) atoms. The molecule has 0 atom stereocenters. The highest BCUT2D eigenvalue weighted by Crippen LogP contribution is 2.24. The van der Waals surface area contributed by atoms with Crippen LogP contribution in [-0.4, -0.2) is 37.6 Å². The van der Waals surface area contributed by atoms with E-state index in [-0.39, 0.29) is 6.42 Å². The third kappa shape index (κ3) is 7.46. The number of allylic oxidation sites excluding steroid dienone is 1. The van der Waals surface area contributed by atoms with E-state index in [1.165, 1.54) is 21.6 Å². The van der Waals surface area contributed by atoms with Gasteiger partial charge in [0.25, 0.3) is 0 Å². The van der Waals surface area contributed by atoms with Crippen LogP contribution >= 0.6 is 23.1 Å². The summed E-state index contributed by atoms with van der Waals surface area (Å²) in [6.45, 7) is 2.92. The number of aryl methyl sites for hydroxylation is 3.